The summed E-state index contributed by atoms with van der Waals surface area (Å²) in [6.07, 6.45) is 2.51. The van der Waals surface area contributed by atoms with Crippen molar-refractivity contribution >= 4 is 15.7 Å². The number of fused-ring (bicyclic) bond motifs is 1. The number of aryl methyl sites for hydroxylation is 1. The van der Waals surface area contributed by atoms with E-state index in [9.17, 15) is 8.42 Å². The maximum Gasteiger partial charge on any atom is 0.264 e. The van der Waals surface area contributed by atoms with Crippen LogP contribution >= 0.6 is 0 Å². The quantitative estimate of drug-likeness (QED) is 0.856. The standard InChI is InChI=1S/C16H18N2O2S/c1-12-5-7-14(8-6-12)21(19,20)18-11-9-13(2)16-15(18)4-3-10-17-16/h3-8,10,13H,9,11H2,1-2H3. The van der Waals surface area contributed by atoms with E-state index < -0.39 is 10.0 Å². The van der Waals surface area contributed by atoms with E-state index in [4.69, 9.17) is 0 Å². The molecule has 21 heavy (non-hydrogen) atoms. The summed E-state index contributed by atoms with van der Waals surface area (Å²) in [6.45, 7) is 4.52. The second-order valence-corrected chi connectivity index (χ2v) is 7.35. The molecule has 0 saturated carbocycles. The zero-order valence-electron chi connectivity index (χ0n) is 12.2. The zero-order valence-corrected chi connectivity index (χ0v) is 13.0. The Morgan fingerprint density at radius 3 is 2.62 bits per heavy atom. The lowest BCUT2D eigenvalue weighted by molar-refractivity contribution is 0.575. The highest BCUT2D eigenvalue weighted by Crippen LogP contribution is 2.36. The van der Waals surface area contributed by atoms with E-state index in [1.807, 2.05) is 25.1 Å². The molecule has 0 radical (unpaired) electrons. The van der Waals surface area contributed by atoms with Crippen molar-refractivity contribution in [3.05, 3.63) is 53.9 Å². The van der Waals surface area contributed by atoms with Crippen LogP contribution in [0.2, 0.25) is 0 Å². The third-order valence-corrected chi connectivity index (χ3v) is 5.75. The van der Waals surface area contributed by atoms with Gasteiger partial charge in [-0.05, 0) is 37.6 Å². The molecule has 0 bridgehead atoms. The molecule has 0 aliphatic carbocycles. The molecule has 1 unspecified atom stereocenters. The van der Waals surface area contributed by atoms with Gasteiger partial charge < -0.3 is 0 Å². The second-order valence-electron chi connectivity index (χ2n) is 5.49. The molecule has 5 heteroatoms. The molecule has 0 fully saturated rings. The van der Waals surface area contributed by atoms with Gasteiger partial charge in [-0.2, -0.15) is 0 Å². The highest BCUT2D eigenvalue weighted by Gasteiger charge is 2.32. The Hall–Kier alpha value is -1.88. The first-order chi connectivity index (χ1) is 10.00. The van der Waals surface area contributed by atoms with Crippen LogP contribution in [0.25, 0.3) is 0 Å². The summed E-state index contributed by atoms with van der Waals surface area (Å²) >= 11 is 0. The molecule has 2 aromatic rings. The van der Waals surface area contributed by atoms with Crippen molar-refractivity contribution in [3.8, 4) is 0 Å². The van der Waals surface area contributed by atoms with E-state index in [0.717, 1.165) is 17.7 Å². The van der Waals surface area contributed by atoms with Gasteiger partial charge >= 0.3 is 0 Å². The first-order valence-electron chi connectivity index (χ1n) is 7.04. The normalized spacial score (nSPS) is 18.4. The molecule has 0 amide bonds. The van der Waals surface area contributed by atoms with Crippen molar-refractivity contribution in [2.45, 2.75) is 31.1 Å². The smallest absolute Gasteiger partial charge is 0.264 e. The highest BCUT2D eigenvalue weighted by molar-refractivity contribution is 7.92. The molecule has 2 heterocycles. The fourth-order valence-electron chi connectivity index (χ4n) is 2.65. The largest absolute Gasteiger partial charge is 0.264 e. The molecule has 1 aliphatic rings. The minimum absolute atomic E-state index is 0.283. The number of rotatable bonds is 2. The van der Waals surface area contributed by atoms with Crippen molar-refractivity contribution in [1.29, 1.82) is 0 Å². The van der Waals surface area contributed by atoms with Gasteiger partial charge in [0.15, 0.2) is 0 Å². The average Bonchev–Trinajstić information content (AvgIpc) is 2.48. The van der Waals surface area contributed by atoms with Crippen LogP contribution in [0.15, 0.2) is 47.5 Å². The van der Waals surface area contributed by atoms with E-state index in [2.05, 4.69) is 11.9 Å². The number of aromatic nitrogens is 1. The molecule has 0 saturated heterocycles. The van der Waals surface area contributed by atoms with Gasteiger partial charge in [-0.1, -0.05) is 24.6 Å². The summed E-state index contributed by atoms with van der Waals surface area (Å²) in [4.78, 5) is 4.70. The van der Waals surface area contributed by atoms with Gasteiger partial charge in [-0.15, -0.1) is 0 Å². The molecular formula is C16H18N2O2S. The minimum Gasteiger partial charge on any atom is -0.264 e. The summed E-state index contributed by atoms with van der Waals surface area (Å²) in [7, 11) is -3.52. The molecule has 0 spiro atoms. The Morgan fingerprint density at radius 1 is 1.19 bits per heavy atom. The minimum atomic E-state index is -3.52. The number of hydrogen-bond acceptors (Lipinski definition) is 3. The molecule has 3 rings (SSSR count). The van der Waals surface area contributed by atoms with Crippen LogP contribution in [0.5, 0.6) is 0 Å². The Labute approximate surface area is 125 Å². The molecule has 0 N–H and O–H groups in total. The van der Waals surface area contributed by atoms with Gasteiger partial charge in [-0.25, -0.2) is 8.42 Å². The van der Waals surface area contributed by atoms with Gasteiger partial charge in [0.05, 0.1) is 16.3 Å². The third-order valence-electron chi connectivity index (χ3n) is 3.93. The van der Waals surface area contributed by atoms with Gasteiger partial charge in [-0.3, -0.25) is 9.29 Å². The van der Waals surface area contributed by atoms with Crippen LogP contribution in [-0.4, -0.2) is 19.9 Å². The summed E-state index contributed by atoms with van der Waals surface area (Å²) in [5.41, 5.74) is 2.61. The molecule has 1 aromatic carbocycles. The van der Waals surface area contributed by atoms with Crippen LogP contribution in [0.3, 0.4) is 0 Å². The fourth-order valence-corrected chi connectivity index (χ4v) is 4.15. The predicted octanol–water partition coefficient (Wildman–Crippen LogP) is 3.09. The summed E-state index contributed by atoms with van der Waals surface area (Å²) in [5, 5.41) is 0. The van der Waals surface area contributed by atoms with Gasteiger partial charge in [0, 0.05) is 18.7 Å². The lowest BCUT2D eigenvalue weighted by Crippen LogP contribution is -2.36. The Bertz CT molecular complexity index is 754. The number of sulfonamides is 1. The van der Waals surface area contributed by atoms with Crippen LogP contribution < -0.4 is 4.31 Å². The third kappa shape index (κ3) is 2.42. The van der Waals surface area contributed by atoms with Gasteiger partial charge in [0.2, 0.25) is 0 Å². The summed E-state index contributed by atoms with van der Waals surface area (Å²) in [6, 6.07) is 10.6. The van der Waals surface area contributed by atoms with E-state index in [0.29, 0.717) is 17.1 Å². The second kappa shape index (κ2) is 5.15. The van der Waals surface area contributed by atoms with Crippen LogP contribution in [0.1, 0.15) is 30.5 Å². The Balaban J connectivity index is 2.08. The maximum atomic E-state index is 12.9. The summed E-state index contributed by atoms with van der Waals surface area (Å²) < 4.78 is 27.2. The first-order valence-corrected chi connectivity index (χ1v) is 8.48. The van der Waals surface area contributed by atoms with E-state index in [1.165, 1.54) is 4.31 Å². The number of pyridine rings is 1. The van der Waals surface area contributed by atoms with Crippen molar-refractivity contribution in [1.82, 2.24) is 4.98 Å². The Kier molecular flexibility index (Phi) is 3.45. The average molecular weight is 302 g/mol. The van der Waals surface area contributed by atoms with Crippen molar-refractivity contribution in [2.75, 3.05) is 10.8 Å². The predicted molar refractivity (Wildman–Crippen MR) is 83.0 cm³/mol. The summed E-state index contributed by atoms with van der Waals surface area (Å²) in [5.74, 6) is 0.283. The molecule has 1 aromatic heterocycles. The van der Waals surface area contributed by atoms with E-state index >= 15 is 0 Å². The molecule has 110 valence electrons. The SMILES string of the molecule is Cc1ccc(S(=O)(=O)N2CCC(C)c3ncccc32)cc1. The van der Waals surface area contributed by atoms with Crippen molar-refractivity contribution in [2.24, 2.45) is 0 Å². The highest BCUT2D eigenvalue weighted by atomic mass is 32.2. The number of benzene rings is 1. The van der Waals surface area contributed by atoms with Crippen LogP contribution in [-0.2, 0) is 10.0 Å². The molecule has 1 aliphatic heterocycles. The molecule has 1 atom stereocenters. The monoisotopic (exact) mass is 302 g/mol. The lowest BCUT2D eigenvalue weighted by Gasteiger charge is -2.32. The zero-order chi connectivity index (χ0) is 15.0. The topological polar surface area (TPSA) is 50.3 Å². The Morgan fingerprint density at radius 2 is 1.90 bits per heavy atom. The fraction of sp³-hybridized carbons (Fsp3) is 0.312. The van der Waals surface area contributed by atoms with Gasteiger partial charge in [0.1, 0.15) is 0 Å². The van der Waals surface area contributed by atoms with Crippen LogP contribution in [0.4, 0.5) is 5.69 Å². The van der Waals surface area contributed by atoms with Crippen molar-refractivity contribution < 1.29 is 8.42 Å². The molecular weight excluding hydrogens is 284 g/mol. The van der Waals surface area contributed by atoms with Crippen molar-refractivity contribution in [3.63, 3.8) is 0 Å². The van der Waals surface area contributed by atoms with Gasteiger partial charge in [0.25, 0.3) is 10.0 Å². The maximum absolute atomic E-state index is 12.9. The number of nitrogens with zero attached hydrogens (tertiary/aromatic N) is 2. The van der Waals surface area contributed by atoms with E-state index in [1.54, 1.807) is 24.4 Å². The van der Waals surface area contributed by atoms with Crippen LogP contribution in [0, 0.1) is 6.92 Å². The van der Waals surface area contributed by atoms with E-state index in [-0.39, 0.29) is 5.92 Å². The lowest BCUT2D eigenvalue weighted by atomic mass is 9.98. The number of hydrogen-bond donors (Lipinski definition) is 0. The molecule has 4 nitrogen and oxygen atoms in total. The first kappa shape index (κ1) is 14.1. The number of anilines is 1.